The molecule has 0 saturated heterocycles. The number of rotatable bonds is 4. The Bertz CT molecular complexity index is 216. The highest BCUT2D eigenvalue weighted by Gasteiger charge is 2.24. The first-order valence-electron chi connectivity index (χ1n) is 3.67. The van der Waals surface area contributed by atoms with Crippen molar-refractivity contribution in [3.63, 3.8) is 0 Å². The van der Waals surface area contributed by atoms with Gasteiger partial charge in [0.15, 0.2) is 0 Å². The van der Waals surface area contributed by atoms with Gasteiger partial charge < -0.3 is 5.32 Å². The van der Waals surface area contributed by atoms with Crippen LogP contribution in [0.1, 0.15) is 13.8 Å². The molecule has 67 valence electrons. The summed E-state index contributed by atoms with van der Waals surface area (Å²) in [6.45, 7) is 3.46. The molecule has 0 aliphatic carbocycles. The average Bonchev–Trinajstić information content (AvgIpc) is 1.98. The van der Waals surface area contributed by atoms with Crippen LogP contribution in [0.2, 0.25) is 0 Å². The Morgan fingerprint density at radius 2 is 1.92 bits per heavy atom. The predicted molar refractivity (Wildman–Crippen MR) is 42.6 cm³/mol. The molecule has 0 aromatic heterocycles. The first-order valence-corrected chi connectivity index (χ1v) is 3.67. The zero-order chi connectivity index (χ0) is 9.72. The number of hydrogen-bond donors (Lipinski definition) is 1. The molecule has 0 amide bonds. The molecule has 1 unspecified atom stereocenters. The minimum absolute atomic E-state index is 0.141. The number of likely N-dealkylation sites (N-methyl/N-ethyl adjacent to an activating group) is 1. The maximum atomic E-state index is 10.5. The lowest BCUT2D eigenvalue weighted by molar-refractivity contribution is -0.144. The Hall–Kier alpha value is -1.12. The second kappa shape index (κ2) is 4.70. The van der Waals surface area contributed by atoms with Crippen molar-refractivity contribution in [3.8, 4) is 0 Å². The quantitative estimate of drug-likeness (QED) is 0.601. The van der Waals surface area contributed by atoms with Crippen LogP contribution in [-0.2, 0) is 14.7 Å². The van der Waals surface area contributed by atoms with Crippen molar-refractivity contribution in [2.24, 2.45) is 5.92 Å². The number of hydrogen-bond acceptors (Lipinski definition) is 3. The highest BCUT2D eigenvalue weighted by molar-refractivity contribution is 5.81. The highest BCUT2D eigenvalue weighted by Crippen LogP contribution is 2.10. The van der Waals surface area contributed by atoms with Gasteiger partial charge in [-0.15, -0.1) is 0 Å². The second-order valence-electron chi connectivity index (χ2n) is 2.75. The zero-order valence-electron chi connectivity index (χ0n) is 7.38. The van der Waals surface area contributed by atoms with E-state index in [4.69, 9.17) is 0 Å². The van der Waals surface area contributed by atoms with E-state index in [1.165, 1.54) is 7.05 Å². The summed E-state index contributed by atoms with van der Waals surface area (Å²) in [5.74, 6) is 0.175. The number of carbonyl (C=O) groups is 1. The van der Waals surface area contributed by atoms with Gasteiger partial charge in [-0.2, -0.15) is 0 Å². The van der Waals surface area contributed by atoms with Gasteiger partial charge in [0.1, 0.15) is 12.0 Å². The van der Waals surface area contributed by atoms with E-state index in [1.54, 1.807) is 19.8 Å². The molecular formula is C8H12NO3. The molecule has 0 aliphatic rings. The molecule has 1 N–H and O–H groups in total. The van der Waals surface area contributed by atoms with E-state index in [9.17, 15) is 14.7 Å². The summed E-state index contributed by atoms with van der Waals surface area (Å²) in [4.78, 5) is 20.8. The summed E-state index contributed by atoms with van der Waals surface area (Å²) >= 11 is 0. The maximum absolute atomic E-state index is 10.5. The van der Waals surface area contributed by atoms with Crippen LogP contribution in [0.5, 0.6) is 0 Å². The van der Waals surface area contributed by atoms with Crippen molar-refractivity contribution in [2.75, 3.05) is 7.05 Å². The minimum Gasteiger partial charge on any atom is -0.303 e. The molecule has 0 spiro atoms. The van der Waals surface area contributed by atoms with Gasteiger partial charge in [-0.1, -0.05) is 13.8 Å². The van der Waals surface area contributed by atoms with Gasteiger partial charge in [0.2, 0.25) is 0 Å². The predicted octanol–water partition coefficient (Wildman–Crippen LogP) is -0.0545. The van der Waals surface area contributed by atoms with Crippen LogP contribution in [0.15, 0.2) is 5.57 Å². The number of nitrogens with one attached hydrogen (secondary N) is 1. The van der Waals surface area contributed by atoms with Gasteiger partial charge in [-0.3, -0.25) is 0 Å². The Labute approximate surface area is 71.3 Å². The lowest BCUT2D eigenvalue weighted by Crippen LogP contribution is -2.37. The van der Waals surface area contributed by atoms with E-state index in [-0.39, 0.29) is 11.5 Å². The van der Waals surface area contributed by atoms with E-state index >= 15 is 0 Å². The van der Waals surface area contributed by atoms with Gasteiger partial charge in [-0.05, 0) is 13.0 Å². The van der Waals surface area contributed by atoms with Crippen molar-refractivity contribution < 1.29 is 14.7 Å². The summed E-state index contributed by atoms with van der Waals surface area (Å²) in [6, 6.07) is -1.03. The molecule has 1 atom stereocenters. The van der Waals surface area contributed by atoms with Gasteiger partial charge in [0.25, 0.3) is 0 Å². The smallest absolute Gasteiger partial charge is 0.303 e. The zero-order valence-corrected chi connectivity index (χ0v) is 7.38. The molecule has 0 aromatic rings. The maximum Gasteiger partial charge on any atom is 0.377 e. The van der Waals surface area contributed by atoms with Crippen LogP contribution in [-0.4, -0.2) is 25.0 Å². The molecule has 4 heteroatoms. The van der Waals surface area contributed by atoms with Crippen molar-refractivity contribution in [3.05, 3.63) is 5.57 Å². The summed E-state index contributed by atoms with van der Waals surface area (Å²) in [7, 11) is 1.46. The Kier molecular flexibility index (Phi) is 4.26. The van der Waals surface area contributed by atoms with Crippen LogP contribution in [0.4, 0.5) is 0 Å². The highest BCUT2D eigenvalue weighted by atomic mass is 16.4. The Morgan fingerprint density at radius 3 is 2.00 bits per heavy atom. The largest absolute Gasteiger partial charge is 0.377 e. The second-order valence-corrected chi connectivity index (χ2v) is 2.75. The van der Waals surface area contributed by atoms with Gasteiger partial charge in [-0.25, -0.2) is 14.7 Å². The van der Waals surface area contributed by atoms with Gasteiger partial charge >= 0.3 is 5.97 Å². The molecule has 0 rings (SSSR count). The van der Waals surface area contributed by atoms with E-state index < -0.39 is 12.0 Å². The number of carbonyl (C=O) groups excluding carboxylic acids is 2. The van der Waals surface area contributed by atoms with E-state index in [2.05, 4.69) is 5.32 Å². The SMILES string of the molecule is CNC(C([O])=O)C(=C=O)C(C)C. The van der Waals surface area contributed by atoms with Gasteiger partial charge in [0.05, 0.1) is 0 Å². The van der Waals surface area contributed by atoms with Crippen molar-refractivity contribution >= 4 is 11.9 Å². The first kappa shape index (κ1) is 10.9. The Balaban J connectivity index is 4.70. The molecule has 4 nitrogen and oxygen atoms in total. The third kappa shape index (κ3) is 2.49. The summed E-state index contributed by atoms with van der Waals surface area (Å²) in [5.41, 5.74) is 0.178. The first-order chi connectivity index (χ1) is 5.54. The monoisotopic (exact) mass is 170 g/mol. The van der Waals surface area contributed by atoms with Crippen molar-refractivity contribution in [2.45, 2.75) is 19.9 Å². The van der Waals surface area contributed by atoms with Crippen LogP contribution in [0.3, 0.4) is 0 Å². The average molecular weight is 170 g/mol. The molecule has 0 aromatic carbocycles. The molecule has 12 heavy (non-hydrogen) atoms. The van der Waals surface area contributed by atoms with Crippen LogP contribution < -0.4 is 5.32 Å². The lowest BCUT2D eigenvalue weighted by atomic mass is 9.97. The molecular weight excluding hydrogens is 158 g/mol. The standard InChI is InChI=1S/C8H12NO3/c1-5(2)6(4-10)7(9-3)8(11)12/h5,7,9H,1-3H3. The van der Waals surface area contributed by atoms with Crippen LogP contribution in [0, 0.1) is 5.92 Å². The van der Waals surface area contributed by atoms with Crippen molar-refractivity contribution in [1.29, 1.82) is 0 Å². The molecule has 0 fully saturated rings. The fourth-order valence-corrected chi connectivity index (χ4v) is 0.910. The van der Waals surface area contributed by atoms with Crippen LogP contribution in [0.25, 0.3) is 0 Å². The fraction of sp³-hybridized carbons (Fsp3) is 0.625. The molecule has 1 radical (unpaired) electrons. The minimum atomic E-state index is -1.30. The van der Waals surface area contributed by atoms with E-state index in [0.717, 1.165) is 0 Å². The van der Waals surface area contributed by atoms with Crippen molar-refractivity contribution in [1.82, 2.24) is 5.32 Å². The van der Waals surface area contributed by atoms with Gasteiger partial charge in [0, 0.05) is 5.57 Å². The van der Waals surface area contributed by atoms with E-state index in [1.807, 2.05) is 0 Å². The third-order valence-electron chi connectivity index (χ3n) is 1.58. The summed E-state index contributed by atoms with van der Waals surface area (Å²) in [6.07, 6.45) is 0. The normalized spacial score (nSPS) is 12.3. The fourth-order valence-electron chi connectivity index (χ4n) is 0.910. The van der Waals surface area contributed by atoms with Crippen LogP contribution >= 0.6 is 0 Å². The molecule has 0 saturated carbocycles. The summed E-state index contributed by atoms with van der Waals surface area (Å²) < 4.78 is 0. The topological polar surface area (TPSA) is 66.1 Å². The van der Waals surface area contributed by atoms with E-state index in [0.29, 0.717) is 0 Å². The Morgan fingerprint density at radius 1 is 1.42 bits per heavy atom. The molecule has 0 aliphatic heterocycles. The third-order valence-corrected chi connectivity index (χ3v) is 1.58. The molecule has 0 bridgehead atoms. The lowest BCUT2D eigenvalue weighted by Gasteiger charge is -2.13. The summed E-state index contributed by atoms with van der Waals surface area (Å²) in [5, 5.41) is 12.9. The molecule has 0 heterocycles.